The first kappa shape index (κ1) is 25.6. The minimum absolute atomic E-state index is 0.0235. The number of benzene rings is 1. The second-order valence-corrected chi connectivity index (χ2v) is 11.0. The molecule has 2 aromatic rings. The van der Waals surface area contributed by atoms with Crippen LogP contribution in [-0.4, -0.2) is 27.6 Å². The van der Waals surface area contributed by atoms with Gasteiger partial charge in [-0.05, 0) is 87.3 Å². The molecule has 0 saturated carbocycles. The molecule has 1 N–H and O–H groups in total. The largest absolute Gasteiger partial charge is 0.444 e. The molecule has 2 aliphatic rings. The number of pyridine rings is 1. The predicted octanol–water partition coefficient (Wildman–Crippen LogP) is 5.80. The molecular formula is C27H27FN4O3S. The number of amides is 1. The number of nitrogens with zero attached hydrogens (tertiary/aromatic N) is 3. The van der Waals surface area contributed by atoms with Crippen molar-refractivity contribution in [1.82, 2.24) is 10.3 Å². The minimum Gasteiger partial charge on any atom is -0.444 e. The molecular weight excluding hydrogens is 479 g/mol. The van der Waals surface area contributed by atoms with Crippen molar-refractivity contribution in [3.8, 4) is 6.07 Å². The van der Waals surface area contributed by atoms with E-state index in [0.717, 1.165) is 29.7 Å². The lowest BCUT2D eigenvalue weighted by Gasteiger charge is -2.34. The number of nitriles is 1. The first-order valence-corrected chi connectivity index (χ1v) is 12.5. The predicted molar refractivity (Wildman–Crippen MR) is 136 cm³/mol. The van der Waals surface area contributed by atoms with Crippen molar-refractivity contribution in [2.45, 2.75) is 64.5 Å². The molecule has 7 nitrogen and oxygen atoms in total. The van der Waals surface area contributed by atoms with Gasteiger partial charge in [0.25, 0.3) is 0 Å². The van der Waals surface area contributed by atoms with Crippen molar-refractivity contribution in [2.75, 3.05) is 0 Å². The fraction of sp³-hybridized carbons (Fsp3) is 0.370. The van der Waals surface area contributed by atoms with E-state index >= 15 is 4.39 Å². The van der Waals surface area contributed by atoms with Gasteiger partial charge < -0.3 is 4.74 Å². The molecule has 1 atom stereocenters. The van der Waals surface area contributed by atoms with E-state index in [9.17, 15) is 9.59 Å². The third-order valence-corrected chi connectivity index (χ3v) is 7.09. The molecule has 1 aromatic heterocycles. The van der Waals surface area contributed by atoms with Crippen LogP contribution in [0.5, 0.6) is 0 Å². The summed E-state index contributed by atoms with van der Waals surface area (Å²) in [5.74, 6) is -0.672. The summed E-state index contributed by atoms with van der Waals surface area (Å²) in [7, 11) is 0. The molecule has 36 heavy (non-hydrogen) atoms. The summed E-state index contributed by atoms with van der Waals surface area (Å²) in [6, 6.07) is 9.63. The van der Waals surface area contributed by atoms with Gasteiger partial charge in [0.1, 0.15) is 28.7 Å². The van der Waals surface area contributed by atoms with E-state index in [1.807, 2.05) is 13.0 Å². The van der Waals surface area contributed by atoms with E-state index < -0.39 is 23.1 Å². The Labute approximate surface area is 213 Å². The van der Waals surface area contributed by atoms with Crippen LogP contribution in [0, 0.1) is 17.1 Å². The van der Waals surface area contributed by atoms with E-state index in [0.29, 0.717) is 21.9 Å². The summed E-state index contributed by atoms with van der Waals surface area (Å²) in [6.07, 6.45) is 3.29. The summed E-state index contributed by atoms with van der Waals surface area (Å²) >= 11 is 1.38. The quantitative estimate of drug-likeness (QED) is 0.526. The van der Waals surface area contributed by atoms with Crippen molar-refractivity contribution >= 4 is 28.8 Å². The van der Waals surface area contributed by atoms with Crippen molar-refractivity contribution in [1.29, 1.82) is 5.26 Å². The number of halogens is 1. The molecule has 1 aromatic carbocycles. The van der Waals surface area contributed by atoms with Gasteiger partial charge in [-0.15, -0.1) is 0 Å². The maximum absolute atomic E-state index is 15.3. The maximum atomic E-state index is 15.3. The van der Waals surface area contributed by atoms with Crippen molar-refractivity contribution in [2.24, 2.45) is 4.99 Å². The molecule has 1 aliphatic carbocycles. The van der Waals surface area contributed by atoms with Crippen molar-refractivity contribution in [3.63, 3.8) is 0 Å². The van der Waals surface area contributed by atoms with Crippen LogP contribution in [0.2, 0.25) is 0 Å². The maximum Gasteiger partial charge on any atom is 0.413 e. The normalized spacial score (nSPS) is 19.3. The highest BCUT2D eigenvalue weighted by Gasteiger charge is 2.41. The average molecular weight is 507 g/mol. The zero-order valence-corrected chi connectivity index (χ0v) is 21.5. The van der Waals surface area contributed by atoms with Gasteiger partial charge in [0.15, 0.2) is 11.0 Å². The molecule has 0 bridgehead atoms. The number of nitrogens with one attached hydrogen (secondary N) is 1. The molecule has 0 fully saturated rings. The fourth-order valence-electron chi connectivity index (χ4n) is 4.38. The number of allylic oxidation sites excluding steroid dienone is 1. The van der Waals surface area contributed by atoms with E-state index in [2.05, 4.69) is 10.3 Å². The molecule has 186 valence electrons. The van der Waals surface area contributed by atoms with Gasteiger partial charge in [-0.3, -0.25) is 15.1 Å². The van der Waals surface area contributed by atoms with Gasteiger partial charge in [0, 0.05) is 18.2 Å². The van der Waals surface area contributed by atoms with Gasteiger partial charge in [-0.1, -0.05) is 17.8 Å². The van der Waals surface area contributed by atoms with E-state index in [4.69, 9.17) is 15.0 Å². The number of hydrogen-bond donors (Lipinski definition) is 1. The number of amidine groups is 1. The standard InChI is InChI=1S/C27H27FN4O3S/c1-26(2,3)35-25(34)31-24-32-27(4,18-6-5-7-23(18)36-24)19-12-16(8-10-20(19)28)13-22(33)21-11-9-17(14-29)15-30-21/h8-12,15H,5-7,13H2,1-4H3,(H,31,32,34). The first-order chi connectivity index (χ1) is 17.0. The topological polar surface area (TPSA) is 104 Å². The molecule has 4 rings (SSSR count). The Balaban J connectivity index is 1.65. The van der Waals surface area contributed by atoms with Crippen LogP contribution >= 0.6 is 11.8 Å². The lowest BCUT2D eigenvalue weighted by molar-refractivity contribution is 0.0564. The number of rotatable bonds is 4. The number of alkyl carbamates (subject to hydrolysis) is 1. The Morgan fingerprint density at radius 1 is 1.25 bits per heavy atom. The summed E-state index contributed by atoms with van der Waals surface area (Å²) < 4.78 is 20.6. The van der Waals surface area contributed by atoms with Crippen LogP contribution < -0.4 is 5.32 Å². The average Bonchev–Trinajstić information content (AvgIpc) is 3.28. The van der Waals surface area contributed by atoms with Crippen LogP contribution in [-0.2, 0) is 16.7 Å². The van der Waals surface area contributed by atoms with Crippen LogP contribution in [0.3, 0.4) is 0 Å². The number of aliphatic imine (C=N–C) groups is 1. The number of aromatic nitrogens is 1. The van der Waals surface area contributed by atoms with Crippen LogP contribution in [0.4, 0.5) is 9.18 Å². The zero-order chi connectivity index (χ0) is 26.1. The monoisotopic (exact) mass is 506 g/mol. The summed E-state index contributed by atoms with van der Waals surface area (Å²) in [5.41, 5.74) is 0.908. The van der Waals surface area contributed by atoms with Crippen molar-refractivity contribution in [3.05, 3.63) is 75.2 Å². The minimum atomic E-state index is -1.03. The summed E-state index contributed by atoms with van der Waals surface area (Å²) in [6.45, 7) is 7.18. The van der Waals surface area contributed by atoms with Crippen LogP contribution in [0.25, 0.3) is 0 Å². The number of hydrogen-bond acceptors (Lipinski definition) is 7. The van der Waals surface area contributed by atoms with Gasteiger partial charge in [0.05, 0.1) is 5.56 Å². The summed E-state index contributed by atoms with van der Waals surface area (Å²) in [4.78, 5) is 35.1. The number of Topliss-reactive ketones (excluding diaryl/α,β-unsaturated/α-hetero) is 1. The number of ether oxygens (including phenoxy) is 1. The van der Waals surface area contributed by atoms with Gasteiger partial charge >= 0.3 is 6.09 Å². The second kappa shape index (κ2) is 9.86. The molecule has 1 aliphatic heterocycles. The first-order valence-electron chi connectivity index (χ1n) is 11.7. The summed E-state index contributed by atoms with van der Waals surface area (Å²) in [5, 5.41) is 12.0. The smallest absolute Gasteiger partial charge is 0.413 e. The highest BCUT2D eigenvalue weighted by molar-refractivity contribution is 8.17. The molecule has 1 unspecified atom stereocenters. The lowest BCUT2D eigenvalue weighted by Crippen LogP contribution is -2.38. The number of carbonyl (C=O) groups excluding carboxylic acids is 2. The highest BCUT2D eigenvalue weighted by atomic mass is 32.2. The molecule has 9 heteroatoms. The third-order valence-electron chi connectivity index (χ3n) is 6.01. The Hall–Kier alpha value is -3.51. The van der Waals surface area contributed by atoms with Gasteiger partial charge in [0.2, 0.25) is 0 Å². The second-order valence-electron chi connectivity index (χ2n) is 9.93. The molecule has 0 radical (unpaired) electrons. The number of carbonyl (C=O) groups is 2. The molecule has 0 saturated heterocycles. The zero-order valence-electron chi connectivity index (χ0n) is 20.6. The van der Waals surface area contributed by atoms with Crippen molar-refractivity contribution < 1.29 is 18.7 Å². The fourth-order valence-corrected chi connectivity index (χ4v) is 5.64. The SMILES string of the molecule is CC(C)(C)OC(=O)NC1=NC(C)(c2cc(CC(=O)c3ccc(C#N)cn3)ccc2F)C2=C(CCC2)S1. The Bertz CT molecular complexity index is 1320. The Morgan fingerprint density at radius 2 is 2.03 bits per heavy atom. The van der Waals surface area contributed by atoms with Crippen LogP contribution in [0.15, 0.2) is 52.0 Å². The van der Waals surface area contributed by atoms with Crippen LogP contribution in [0.1, 0.15) is 74.1 Å². The molecule has 0 spiro atoms. The van der Waals surface area contributed by atoms with E-state index in [1.54, 1.807) is 39.0 Å². The molecule has 2 heterocycles. The molecule has 1 amide bonds. The third kappa shape index (κ3) is 5.49. The Kier molecular flexibility index (Phi) is 7.01. The lowest BCUT2D eigenvalue weighted by atomic mass is 9.82. The highest BCUT2D eigenvalue weighted by Crippen LogP contribution is 2.50. The van der Waals surface area contributed by atoms with E-state index in [1.165, 1.54) is 30.1 Å². The van der Waals surface area contributed by atoms with Gasteiger partial charge in [-0.25, -0.2) is 14.2 Å². The van der Waals surface area contributed by atoms with E-state index in [-0.39, 0.29) is 17.9 Å². The number of thioether (sulfide) groups is 1. The number of ketones is 1. The van der Waals surface area contributed by atoms with Gasteiger partial charge in [-0.2, -0.15) is 5.26 Å². The Morgan fingerprint density at radius 3 is 2.69 bits per heavy atom.